The standard InChI is InChI=1S/C18H26N2O7S/c1-13-4-2-3-5-16(13)27-14-6-9-19(10-7-14)28(24,25)17-8-11-26-12-15(17)18(21)20(22)23/h2-5,14-15,17,22-23H,6-12H2,1H3. The average Bonchev–Trinajstić information content (AvgIpc) is 2.69. The molecule has 1 aromatic rings. The third-order valence-electron chi connectivity index (χ3n) is 5.34. The van der Waals surface area contributed by atoms with E-state index in [1.165, 1.54) is 4.31 Å². The topological polar surface area (TPSA) is 117 Å². The maximum atomic E-state index is 13.1. The molecule has 2 heterocycles. The Kier molecular flexibility index (Phi) is 6.56. The zero-order valence-corrected chi connectivity index (χ0v) is 16.5. The van der Waals surface area contributed by atoms with Gasteiger partial charge in [0, 0.05) is 19.7 Å². The molecule has 2 fully saturated rings. The third kappa shape index (κ3) is 4.47. The van der Waals surface area contributed by atoms with Crippen molar-refractivity contribution < 1.29 is 33.1 Å². The molecule has 3 rings (SSSR count). The Labute approximate surface area is 164 Å². The summed E-state index contributed by atoms with van der Waals surface area (Å²) in [7, 11) is -3.79. The molecule has 9 nitrogen and oxygen atoms in total. The Balaban J connectivity index is 1.65. The highest BCUT2D eigenvalue weighted by molar-refractivity contribution is 7.89. The summed E-state index contributed by atoms with van der Waals surface area (Å²) >= 11 is 0. The molecule has 1 amide bonds. The summed E-state index contributed by atoms with van der Waals surface area (Å²) in [6.07, 6.45) is 1.14. The van der Waals surface area contributed by atoms with E-state index in [9.17, 15) is 13.2 Å². The van der Waals surface area contributed by atoms with Gasteiger partial charge < -0.3 is 9.47 Å². The molecule has 28 heavy (non-hydrogen) atoms. The second kappa shape index (κ2) is 8.75. The lowest BCUT2D eigenvalue weighted by atomic mass is 10.0. The summed E-state index contributed by atoms with van der Waals surface area (Å²) in [5.41, 5.74) is 1.03. The largest absolute Gasteiger partial charge is 0.490 e. The molecule has 2 aliphatic rings. The van der Waals surface area contributed by atoms with Crippen molar-refractivity contribution in [2.45, 2.75) is 37.5 Å². The zero-order chi connectivity index (χ0) is 20.3. The fourth-order valence-corrected chi connectivity index (χ4v) is 5.82. The average molecular weight is 414 g/mol. The van der Waals surface area contributed by atoms with Crippen LogP contribution in [0, 0.1) is 12.8 Å². The molecule has 2 N–H and O–H groups in total. The van der Waals surface area contributed by atoms with Gasteiger partial charge in [-0.05, 0) is 37.8 Å². The molecule has 0 bridgehead atoms. The van der Waals surface area contributed by atoms with Crippen molar-refractivity contribution in [3.8, 4) is 5.75 Å². The van der Waals surface area contributed by atoms with Gasteiger partial charge in [-0.2, -0.15) is 0 Å². The van der Waals surface area contributed by atoms with Gasteiger partial charge >= 0.3 is 0 Å². The summed E-state index contributed by atoms with van der Waals surface area (Å²) in [5.74, 6) is -1.43. The van der Waals surface area contributed by atoms with Gasteiger partial charge in [0.1, 0.15) is 11.9 Å². The van der Waals surface area contributed by atoms with Crippen LogP contribution in [0.15, 0.2) is 24.3 Å². The third-order valence-corrected chi connectivity index (χ3v) is 7.75. The Hall–Kier alpha value is -1.72. The van der Waals surface area contributed by atoms with Crippen molar-refractivity contribution in [2.75, 3.05) is 26.3 Å². The van der Waals surface area contributed by atoms with Gasteiger partial charge in [0.25, 0.3) is 5.91 Å². The molecule has 2 atom stereocenters. The van der Waals surface area contributed by atoms with E-state index in [0.29, 0.717) is 25.9 Å². The minimum absolute atomic E-state index is 0.0787. The Morgan fingerprint density at radius 2 is 1.89 bits per heavy atom. The Bertz CT molecular complexity index is 791. The number of carbonyl (C=O) groups excluding carboxylic acids is 1. The van der Waals surface area contributed by atoms with Gasteiger partial charge in [-0.25, -0.2) is 12.7 Å². The lowest BCUT2D eigenvalue weighted by Crippen LogP contribution is -2.53. The van der Waals surface area contributed by atoms with Crippen LogP contribution >= 0.6 is 0 Å². The highest BCUT2D eigenvalue weighted by atomic mass is 32.2. The molecule has 0 spiro atoms. The number of aryl methyl sites for hydroxylation is 1. The van der Waals surface area contributed by atoms with E-state index in [1.807, 2.05) is 31.2 Å². The van der Waals surface area contributed by atoms with Crippen molar-refractivity contribution in [3.63, 3.8) is 0 Å². The number of hydroxylamine groups is 2. The lowest BCUT2D eigenvalue weighted by molar-refractivity contribution is -0.289. The van der Waals surface area contributed by atoms with Gasteiger partial charge in [-0.15, -0.1) is 0 Å². The first-order chi connectivity index (χ1) is 13.3. The Morgan fingerprint density at radius 3 is 2.54 bits per heavy atom. The minimum Gasteiger partial charge on any atom is -0.490 e. The van der Waals surface area contributed by atoms with Crippen LogP contribution in [0.5, 0.6) is 5.75 Å². The number of hydrogen-bond acceptors (Lipinski definition) is 7. The van der Waals surface area contributed by atoms with Crippen molar-refractivity contribution in [1.29, 1.82) is 0 Å². The first-order valence-corrected chi connectivity index (χ1v) is 10.8. The van der Waals surface area contributed by atoms with Gasteiger partial charge in [0.15, 0.2) is 0 Å². The quantitative estimate of drug-likeness (QED) is 0.549. The second-order valence-corrected chi connectivity index (χ2v) is 9.31. The molecular formula is C18H26N2O7S. The number of ether oxygens (including phenoxy) is 2. The highest BCUT2D eigenvalue weighted by Gasteiger charge is 2.45. The van der Waals surface area contributed by atoms with E-state index < -0.39 is 32.3 Å². The second-order valence-electron chi connectivity index (χ2n) is 7.16. The molecule has 0 aromatic heterocycles. The fourth-order valence-electron chi connectivity index (χ4n) is 3.72. The molecule has 0 saturated carbocycles. The highest BCUT2D eigenvalue weighted by Crippen LogP contribution is 2.29. The number of para-hydroxylation sites is 1. The number of sulfonamides is 1. The van der Waals surface area contributed by atoms with Crippen LogP contribution in [-0.4, -0.2) is 71.9 Å². The van der Waals surface area contributed by atoms with Crippen LogP contribution in [0.1, 0.15) is 24.8 Å². The summed E-state index contributed by atoms with van der Waals surface area (Å²) in [4.78, 5) is 12.0. The van der Waals surface area contributed by atoms with Crippen molar-refractivity contribution in [3.05, 3.63) is 29.8 Å². The van der Waals surface area contributed by atoms with Crippen LogP contribution < -0.4 is 4.74 Å². The van der Waals surface area contributed by atoms with Crippen molar-refractivity contribution >= 4 is 15.9 Å². The fraction of sp³-hybridized carbons (Fsp3) is 0.611. The van der Waals surface area contributed by atoms with E-state index in [4.69, 9.17) is 19.9 Å². The monoisotopic (exact) mass is 414 g/mol. The molecule has 2 aliphatic heterocycles. The number of benzene rings is 1. The molecule has 2 saturated heterocycles. The molecule has 156 valence electrons. The summed E-state index contributed by atoms with van der Waals surface area (Å²) in [6, 6.07) is 7.69. The SMILES string of the molecule is Cc1ccccc1OC1CCN(S(=O)(=O)C2CCOCC2C(=O)N(O)O)CC1. The summed E-state index contributed by atoms with van der Waals surface area (Å²) < 4.78 is 38.8. The first kappa shape index (κ1) is 21.0. The molecular weight excluding hydrogens is 388 g/mol. The zero-order valence-electron chi connectivity index (χ0n) is 15.7. The van der Waals surface area contributed by atoms with Crippen LogP contribution in [0.4, 0.5) is 0 Å². The number of rotatable bonds is 5. The van der Waals surface area contributed by atoms with E-state index in [0.717, 1.165) is 11.3 Å². The summed E-state index contributed by atoms with van der Waals surface area (Å²) in [6.45, 7) is 2.59. The van der Waals surface area contributed by atoms with Crippen molar-refractivity contribution in [2.24, 2.45) is 5.92 Å². The number of piperidine rings is 1. The number of nitrogens with zero attached hydrogens (tertiary/aromatic N) is 2. The van der Waals surface area contributed by atoms with Gasteiger partial charge in [-0.1, -0.05) is 23.4 Å². The smallest absolute Gasteiger partial charge is 0.279 e. The molecule has 10 heteroatoms. The predicted molar refractivity (Wildman–Crippen MR) is 98.5 cm³/mol. The molecule has 2 unspecified atom stereocenters. The van der Waals surface area contributed by atoms with E-state index >= 15 is 0 Å². The van der Waals surface area contributed by atoms with Crippen LogP contribution in [0.2, 0.25) is 0 Å². The van der Waals surface area contributed by atoms with Gasteiger partial charge in [0.05, 0.1) is 17.8 Å². The maximum absolute atomic E-state index is 13.1. The number of hydrogen-bond donors (Lipinski definition) is 2. The van der Waals surface area contributed by atoms with Gasteiger partial charge in [-0.3, -0.25) is 15.2 Å². The molecule has 1 aromatic carbocycles. The normalized spacial score (nSPS) is 24.7. The molecule has 0 radical (unpaired) electrons. The summed E-state index contributed by atoms with van der Waals surface area (Å²) in [5, 5.41) is 16.5. The van der Waals surface area contributed by atoms with Crippen molar-refractivity contribution in [1.82, 2.24) is 9.53 Å². The van der Waals surface area contributed by atoms with Gasteiger partial charge in [0.2, 0.25) is 10.0 Å². The maximum Gasteiger partial charge on any atom is 0.279 e. The number of amides is 1. The van der Waals surface area contributed by atoms with E-state index in [1.54, 1.807) is 0 Å². The lowest BCUT2D eigenvalue weighted by Gasteiger charge is -2.37. The van der Waals surface area contributed by atoms with Crippen LogP contribution in [-0.2, 0) is 19.6 Å². The van der Waals surface area contributed by atoms with E-state index in [2.05, 4.69) is 0 Å². The predicted octanol–water partition coefficient (Wildman–Crippen LogP) is 1.18. The Morgan fingerprint density at radius 1 is 1.21 bits per heavy atom. The van der Waals surface area contributed by atoms with Crippen LogP contribution in [0.3, 0.4) is 0 Å². The molecule has 0 aliphatic carbocycles. The van der Waals surface area contributed by atoms with E-state index in [-0.39, 0.29) is 25.7 Å². The van der Waals surface area contributed by atoms with Crippen LogP contribution in [0.25, 0.3) is 0 Å². The number of carbonyl (C=O) groups is 1. The minimum atomic E-state index is -3.79. The first-order valence-electron chi connectivity index (χ1n) is 9.31.